The number of methoxy groups -OCH3 is 1. The molecule has 0 N–H and O–H groups in total. The molecule has 1 amide bonds. The topological polar surface area (TPSA) is 78.2 Å². The van der Waals surface area contributed by atoms with Crippen LogP contribution in [0.2, 0.25) is 0 Å². The molecule has 1 aromatic heterocycles. The molecule has 1 aliphatic rings. The van der Waals surface area contributed by atoms with Gasteiger partial charge in [0.2, 0.25) is 5.76 Å². The van der Waals surface area contributed by atoms with Crippen LogP contribution in [-0.4, -0.2) is 26.2 Å². The van der Waals surface area contributed by atoms with Crippen LogP contribution < -0.4 is 24.5 Å². The van der Waals surface area contributed by atoms with E-state index in [0.29, 0.717) is 52.7 Å². The summed E-state index contributed by atoms with van der Waals surface area (Å²) in [5.74, 6) is 1.51. The molecule has 0 spiro atoms. The maximum absolute atomic E-state index is 13.9. The van der Waals surface area contributed by atoms with E-state index in [2.05, 4.69) is 0 Å². The molecule has 0 saturated heterocycles. The number of aryl methyl sites for hydroxylation is 1. The molecule has 2 heterocycles. The summed E-state index contributed by atoms with van der Waals surface area (Å²) in [6.07, 6.45) is 0.858. The van der Waals surface area contributed by atoms with Gasteiger partial charge < -0.3 is 18.6 Å². The van der Waals surface area contributed by atoms with Crippen molar-refractivity contribution in [2.75, 3.05) is 25.2 Å². The molecule has 0 aliphatic carbocycles. The molecule has 0 radical (unpaired) electrons. The zero-order valence-corrected chi connectivity index (χ0v) is 21.4. The van der Waals surface area contributed by atoms with E-state index in [9.17, 15) is 9.59 Å². The number of anilines is 1. The molecule has 0 fully saturated rings. The van der Waals surface area contributed by atoms with E-state index in [1.165, 1.54) is 0 Å². The molecule has 1 unspecified atom stereocenters. The fraction of sp³-hybridized carbons (Fsp3) is 0.267. The van der Waals surface area contributed by atoms with Crippen LogP contribution in [0.3, 0.4) is 0 Å². The summed E-state index contributed by atoms with van der Waals surface area (Å²) in [6.45, 7) is 6.85. The molecule has 0 bridgehead atoms. The van der Waals surface area contributed by atoms with Crippen LogP contribution in [0.1, 0.15) is 53.6 Å². The Labute approximate surface area is 215 Å². The van der Waals surface area contributed by atoms with Crippen LogP contribution in [0.25, 0.3) is 11.0 Å². The molecule has 0 saturated carbocycles. The van der Waals surface area contributed by atoms with Crippen molar-refractivity contribution in [3.8, 4) is 17.2 Å². The van der Waals surface area contributed by atoms with Crippen molar-refractivity contribution in [2.45, 2.75) is 33.2 Å². The van der Waals surface area contributed by atoms with E-state index in [4.69, 9.17) is 18.6 Å². The van der Waals surface area contributed by atoms with Gasteiger partial charge in [-0.25, -0.2) is 0 Å². The number of benzene rings is 3. The first-order valence-corrected chi connectivity index (χ1v) is 12.4. The second kappa shape index (κ2) is 10.0. The normalized spacial score (nSPS) is 14.6. The zero-order chi connectivity index (χ0) is 26.1. The van der Waals surface area contributed by atoms with Gasteiger partial charge in [0.05, 0.1) is 37.3 Å². The standard InChI is InChI=1S/C30H29NO6/c1-5-15-36-24-14-8-19(17-25(24)35-6-2)27-26-28(32)22-16-18(3)7-13-23(22)37-29(26)30(33)31(27)20-9-11-21(34-4)12-10-20/h7-14,16-17,27H,5-6,15H2,1-4H3. The van der Waals surface area contributed by atoms with Crippen molar-refractivity contribution < 1.29 is 23.4 Å². The van der Waals surface area contributed by atoms with E-state index in [1.807, 2.05) is 45.0 Å². The molecule has 3 aromatic carbocycles. The van der Waals surface area contributed by atoms with Gasteiger partial charge in [-0.2, -0.15) is 0 Å². The second-order valence-electron chi connectivity index (χ2n) is 8.94. The number of hydrogen-bond acceptors (Lipinski definition) is 6. The van der Waals surface area contributed by atoms with Gasteiger partial charge in [0.15, 0.2) is 16.9 Å². The number of ether oxygens (including phenoxy) is 3. The molecule has 37 heavy (non-hydrogen) atoms. The minimum atomic E-state index is -0.712. The highest BCUT2D eigenvalue weighted by atomic mass is 16.5. The van der Waals surface area contributed by atoms with E-state index >= 15 is 0 Å². The molecule has 1 aliphatic heterocycles. The Morgan fingerprint density at radius 2 is 1.70 bits per heavy atom. The number of nitrogens with zero attached hydrogens (tertiary/aromatic N) is 1. The Hall–Kier alpha value is -4.26. The summed E-state index contributed by atoms with van der Waals surface area (Å²) in [4.78, 5) is 29.3. The quantitative estimate of drug-likeness (QED) is 0.294. The predicted octanol–water partition coefficient (Wildman–Crippen LogP) is 6.05. The molecule has 4 aromatic rings. The van der Waals surface area contributed by atoms with Crippen molar-refractivity contribution in [1.82, 2.24) is 0 Å². The van der Waals surface area contributed by atoms with Crippen LogP contribution in [0.15, 0.2) is 69.9 Å². The summed E-state index contributed by atoms with van der Waals surface area (Å²) in [5, 5.41) is 0.445. The van der Waals surface area contributed by atoms with Gasteiger partial charge in [0.1, 0.15) is 11.3 Å². The second-order valence-corrected chi connectivity index (χ2v) is 8.94. The number of carbonyl (C=O) groups is 1. The monoisotopic (exact) mass is 499 g/mol. The maximum Gasteiger partial charge on any atom is 0.295 e. The highest BCUT2D eigenvalue weighted by Gasteiger charge is 2.44. The molecule has 1 atom stereocenters. The molecule has 5 rings (SSSR count). The molecule has 7 heteroatoms. The highest BCUT2D eigenvalue weighted by Crippen LogP contribution is 2.43. The highest BCUT2D eigenvalue weighted by molar-refractivity contribution is 6.10. The Bertz CT molecular complexity index is 1520. The van der Waals surface area contributed by atoms with Gasteiger partial charge >= 0.3 is 0 Å². The number of amides is 1. The third-order valence-electron chi connectivity index (χ3n) is 6.42. The molecular formula is C30H29NO6. The molecule has 7 nitrogen and oxygen atoms in total. The van der Waals surface area contributed by atoms with Gasteiger partial charge in [-0.1, -0.05) is 24.6 Å². The third-order valence-corrected chi connectivity index (χ3v) is 6.42. The Balaban J connectivity index is 1.74. The summed E-state index contributed by atoms with van der Waals surface area (Å²) in [7, 11) is 1.59. The summed E-state index contributed by atoms with van der Waals surface area (Å²) >= 11 is 0. The number of hydrogen-bond donors (Lipinski definition) is 0. The Kier molecular flexibility index (Phi) is 6.61. The minimum absolute atomic E-state index is 0.0476. The van der Waals surface area contributed by atoms with Gasteiger partial charge in [-0.3, -0.25) is 14.5 Å². The SMILES string of the molecule is CCCOc1ccc(C2c3c(oc4ccc(C)cc4c3=O)C(=O)N2c2ccc(OC)cc2)cc1OCC. The van der Waals surface area contributed by atoms with E-state index in [-0.39, 0.29) is 17.1 Å². The van der Waals surface area contributed by atoms with Crippen LogP contribution in [0.4, 0.5) is 5.69 Å². The Morgan fingerprint density at radius 3 is 2.41 bits per heavy atom. The minimum Gasteiger partial charge on any atom is -0.497 e. The third kappa shape index (κ3) is 4.31. The summed E-state index contributed by atoms with van der Waals surface area (Å²) in [5.41, 5.74) is 2.74. The van der Waals surface area contributed by atoms with Crippen molar-refractivity contribution in [2.24, 2.45) is 0 Å². The van der Waals surface area contributed by atoms with E-state index in [1.54, 1.807) is 48.4 Å². The zero-order valence-electron chi connectivity index (χ0n) is 21.4. The van der Waals surface area contributed by atoms with Crippen molar-refractivity contribution in [3.63, 3.8) is 0 Å². The predicted molar refractivity (Wildman–Crippen MR) is 142 cm³/mol. The van der Waals surface area contributed by atoms with Crippen LogP contribution in [0, 0.1) is 6.92 Å². The Morgan fingerprint density at radius 1 is 0.919 bits per heavy atom. The van der Waals surface area contributed by atoms with Crippen molar-refractivity contribution in [3.05, 3.63) is 93.3 Å². The van der Waals surface area contributed by atoms with E-state index in [0.717, 1.165) is 17.5 Å². The van der Waals surface area contributed by atoms with Crippen LogP contribution in [0.5, 0.6) is 17.2 Å². The van der Waals surface area contributed by atoms with E-state index < -0.39 is 6.04 Å². The summed E-state index contributed by atoms with van der Waals surface area (Å²) in [6, 6.07) is 17.4. The number of rotatable bonds is 8. The first-order valence-electron chi connectivity index (χ1n) is 12.4. The fourth-order valence-electron chi connectivity index (χ4n) is 4.71. The first kappa shape index (κ1) is 24.4. The lowest BCUT2D eigenvalue weighted by atomic mass is 9.97. The van der Waals surface area contributed by atoms with Gasteiger partial charge in [0.25, 0.3) is 5.91 Å². The molecule has 190 valence electrons. The number of carbonyl (C=O) groups excluding carboxylic acids is 1. The van der Waals surface area contributed by atoms with Gasteiger partial charge in [-0.05, 0) is 74.4 Å². The molecular weight excluding hydrogens is 470 g/mol. The van der Waals surface area contributed by atoms with Crippen LogP contribution >= 0.6 is 0 Å². The van der Waals surface area contributed by atoms with Gasteiger partial charge in [0, 0.05) is 5.69 Å². The van der Waals surface area contributed by atoms with Gasteiger partial charge in [-0.15, -0.1) is 0 Å². The van der Waals surface area contributed by atoms with Crippen molar-refractivity contribution >= 4 is 22.6 Å². The number of fused-ring (bicyclic) bond motifs is 2. The van der Waals surface area contributed by atoms with Crippen LogP contribution in [-0.2, 0) is 0 Å². The summed E-state index contributed by atoms with van der Waals surface area (Å²) < 4.78 is 23.2. The smallest absolute Gasteiger partial charge is 0.295 e. The lowest BCUT2D eigenvalue weighted by molar-refractivity contribution is 0.0971. The fourth-order valence-corrected chi connectivity index (χ4v) is 4.71. The first-order chi connectivity index (χ1) is 18.0. The average Bonchev–Trinajstić information content (AvgIpc) is 3.21. The average molecular weight is 500 g/mol. The van der Waals surface area contributed by atoms with Crippen molar-refractivity contribution in [1.29, 1.82) is 0 Å². The lowest BCUT2D eigenvalue weighted by Crippen LogP contribution is -2.29. The maximum atomic E-state index is 13.9. The lowest BCUT2D eigenvalue weighted by Gasteiger charge is -2.26. The largest absolute Gasteiger partial charge is 0.497 e.